The Bertz CT molecular complexity index is 836. The number of imide groups is 1. The first kappa shape index (κ1) is 15.9. The molecule has 0 spiro atoms. The minimum absolute atomic E-state index is 0.320. The molecule has 0 atom stereocenters. The lowest BCUT2D eigenvalue weighted by atomic mass is 10.2. The summed E-state index contributed by atoms with van der Waals surface area (Å²) in [6, 6.07) is 12.1. The molecule has 0 aromatic heterocycles. The van der Waals surface area contributed by atoms with E-state index in [1.165, 1.54) is 0 Å². The second-order valence-corrected chi connectivity index (χ2v) is 6.40. The van der Waals surface area contributed by atoms with E-state index in [2.05, 4.69) is 5.32 Å². The van der Waals surface area contributed by atoms with E-state index in [9.17, 15) is 9.59 Å². The van der Waals surface area contributed by atoms with Crippen LogP contribution in [0.1, 0.15) is 5.56 Å². The molecule has 2 aromatic rings. The van der Waals surface area contributed by atoms with Gasteiger partial charge in [0.15, 0.2) is 0 Å². The van der Waals surface area contributed by atoms with Crippen LogP contribution < -0.4 is 10.1 Å². The summed E-state index contributed by atoms with van der Waals surface area (Å²) in [5.41, 5.74) is 0.672. The van der Waals surface area contributed by atoms with Gasteiger partial charge in [-0.2, -0.15) is 0 Å². The molecule has 1 saturated heterocycles. The summed E-state index contributed by atoms with van der Waals surface area (Å²) in [6.07, 6.45) is 1.61. The summed E-state index contributed by atoms with van der Waals surface area (Å²) in [7, 11) is 0. The smallest absolute Gasteiger partial charge is 0.290 e. The third kappa shape index (κ3) is 3.69. The number of para-hydroxylation sites is 1. The van der Waals surface area contributed by atoms with Crippen molar-refractivity contribution in [3.63, 3.8) is 0 Å². The van der Waals surface area contributed by atoms with Crippen LogP contribution in [0.25, 0.3) is 6.08 Å². The zero-order valence-electron chi connectivity index (χ0n) is 11.5. The zero-order valence-corrected chi connectivity index (χ0v) is 13.8. The predicted molar refractivity (Wildman–Crippen MR) is 92.1 cm³/mol. The van der Waals surface area contributed by atoms with E-state index in [-0.39, 0.29) is 5.24 Å². The number of rotatable bonds is 3. The quantitative estimate of drug-likeness (QED) is 0.767. The number of thioether (sulfide) groups is 1. The fourth-order valence-electron chi connectivity index (χ4n) is 1.92. The minimum Gasteiger partial charge on any atom is -0.457 e. The molecule has 0 unspecified atom stereocenters. The van der Waals surface area contributed by atoms with Gasteiger partial charge < -0.3 is 4.74 Å². The van der Waals surface area contributed by atoms with Gasteiger partial charge >= 0.3 is 0 Å². The highest BCUT2D eigenvalue weighted by Gasteiger charge is 2.25. The van der Waals surface area contributed by atoms with Crippen LogP contribution in [0.15, 0.2) is 47.4 Å². The lowest BCUT2D eigenvalue weighted by molar-refractivity contribution is -0.115. The minimum atomic E-state index is -0.413. The number of hydrogen-bond acceptors (Lipinski definition) is 4. The van der Waals surface area contributed by atoms with Crippen molar-refractivity contribution < 1.29 is 14.3 Å². The molecule has 1 N–H and O–H groups in total. The number of nitrogens with one attached hydrogen (secondary N) is 1. The lowest BCUT2D eigenvalue weighted by Crippen LogP contribution is -2.17. The molecule has 0 aliphatic carbocycles. The number of ether oxygens (including phenoxy) is 1. The summed E-state index contributed by atoms with van der Waals surface area (Å²) in [5, 5.41) is 2.65. The summed E-state index contributed by atoms with van der Waals surface area (Å²) in [6.45, 7) is 0. The van der Waals surface area contributed by atoms with Crippen molar-refractivity contribution in [3.05, 3.63) is 63.0 Å². The van der Waals surface area contributed by atoms with Gasteiger partial charge in [0.05, 0.1) is 15.0 Å². The Morgan fingerprint density at radius 2 is 1.83 bits per heavy atom. The molecule has 1 fully saturated rings. The first-order chi connectivity index (χ1) is 11.0. The largest absolute Gasteiger partial charge is 0.457 e. The number of hydrogen-bond donors (Lipinski definition) is 1. The van der Waals surface area contributed by atoms with Crippen LogP contribution in [0.3, 0.4) is 0 Å². The van der Waals surface area contributed by atoms with Crippen LogP contribution in [-0.4, -0.2) is 11.1 Å². The van der Waals surface area contributed by atoms with Crippen molar-refractivity contribution in [3.8, 4) is 11.5 Å². The van der Waals surface area contributed by atoms with Gasteiger partial charge in [-0.15, -0.1) is 0 Å². The van der Waals surface area contributed by atoms with Crippen LogP contribution >= 0.6 is 35.0 Å². The molecular formula is C16H9Cl2NO3S. The Balaban J connectivity index is 1.92. The first-order valence-electron chi connectivity index (χ1n) is 6.50. The van der Waals surface area contributed by atoms with E-state index in [0.717, 1.165) is 11.8 Å². The second-order valence-electron chi connectivity index (χ2n) is 4.57. The molecular weight excluding hydrogens is 357 g/mol. The van der Waals surface area contributed by atoms with Gasteiger partial charge in [0.2, 0.25) is 0 Å². The summed E-state index contributed by atoms with van der Waals surface area (Å²) in [4.78, 5) is 23.2. The number of halogens is 2. The molecule has 2 aromatic carbocycles. The van der Waals surface area contributed by atoms with E-state index < -0.39 is 5.91 Å². The molecule has 116 valence electrons. The number of carbonyl (C=O) groups is 2. The van der Waals surface area contributed by atoms with Gasteiger partial charge in [-0.1, -0.05) is 41.4 Å². The average molecular weight is 366 g/mol. The monoisotopic (exact) mass is 365 g/mol. The number of carbonyl (C=O) groups excluding carboxylic acids is 2. The Labute approximate surface area is 146 Å². The van der Waals surface area contributed by atoms with Gasteiger partial charge in [0.25, 0.3) is 11.1 Å². The standard InChI is InChI=1S/C16H9Cl2NO3S/c17-11-6-5-10(8-12(11)18)22-13-4-2-1-3-9(13)7-14-15(20)19-16(21)23-14/h1-8H,(H,19,20,21)/b14-7+. The molecule has 23 heavy (non-hydrogen) atoms. The van der Waals surface area contributed by atoms with E-state index in [0.29, 0.717) is 32.0 Å². The Morgan fingerprint density at radius 1 is 1.04 bits per heavy atom. The Hall–Kier alpha value is -1.95. The average Bonchev–Trinajstić information content (AvgIpc) is 2.83. The molecule has 0 bridgehead atoms. The van der Waals surface area contributed by atoms with Gasteiger partial charge in [-0.3, -0.25) is 14.9 Å². The van der Waals surface area contributed by atoms with Crippen LogP contribution in [0.2, 0.25) is 10.0 Å². The van der Waals surface area contributed by atoms with Crippen LogP contribution in [0.5, 0.6) is 11.5 Å². The van der Waals surface area contributed by atoms with Gasteiger partial charge in [-0.25, -0.2) is 0 Å². The lowest BCUT2D eigenvalue weighted by Gasteiger charge is -2.09. The molecule has 1 heterocycles. The maximum atomic E-state index is 11.6. The van der Waals surface area contributed by atoms with Gasteiger partial charge in [0, 0.05) is 11.6 Å². The molecule has 2 amide bonds. The fourth-order valence-corrected chi connectivity index (χ4v) is 2.88. The van der Waals surface area contributed by atoms with Crippen molar-refractivity contribution in [2.75, 3.05) is 0 Å². The second kappa shape index (κ2) is 6.66. The first-order valence-corrected chi connectivity index (χ1v) is 8.07. The normalized spacial score (nSPS) is 15.8. The predicted octanol–water partition coefficient (Wildman–Crippen LogP) is 5.11. The van der Waals surface area contributed by atoms with E-state index in [1.807, 2.05) is 12.1 Å². The molecule has 1 aliphatic rings. The maximum Gasteiger partial charge on any atom is 0.290 e. The summed E-state index contributed by atoms with van der Waals surface area (Å²) in [5.74, 6) is 0.639. The number of benzene rings is 2. The van der Waals surface area contributed by atoms with Crippen LogP contribution in [0.4, 0.5) is 4.79 Å². The molecule has 1 aliphatic heterocycles. The van der Waals surface area contributed by atoms with Crippen molar-refractivity contribution in [1.29, 1.82) is 0 Å². The van der Waals surface area contributed by atoms with E-state index >= 15 is 0 Å². The summed E-state index contributed by atoms with van der Waals surface area (Å²) >= 11 is 12.7. The molecule has 7 heteroatoms. The highest BCUT2D eigenvalue weighted by Crippen LogP contribution is 2.33. The van der Waals surface area contributed by atoms with Crippen molar-refractivity contribution in [2.45, 2.75) is 0 Å². The zero-order chi connectivity index (χ0) is 16.4. The van der Waals surface area contributed by atoms with Crippen LogP contribution in [0, 0.1) is 0 Å². The fraction of sp³-hybridized carbons (Fsp3) is 0. The highest BCUT2D eigenvalue weighted by molar-refractivity contribution is 8.18. The van der Waals surface area contributed by atoms with Gasteiger partial charge in [0.1, 0.15) is 11.5 Å². The molecule has 3 rings (SSSR count). The Kier molecular flexibility index (Phi) is 4.61. The van der Waals surface area contributed by atoms with Crippen molar-refractivity contribution in [1.82, 2.24) is 5.32 Å². The molecule has 0 saturated carbocycles. The SMILES string of the molecule is O=C1NC(=O)/C(=C\c2ccccc2Oc2ccc(Cl)c(Cl)c2)S1. The highest BCUT2D eigenvalue weighted by atomic mass is 35.5. The summed E-state index contributed by atoms with van der Waals surface area (Å²) < 4.78 is 5.80. The number of amides is 2. The topological polar surface area (TPSA) is 55.4 Å². The van der Waals surface area contributed by atoms with E-state index in [1.54, 1.807) is 36.4 Å². The Morgan fingerprint density at radius 3 is 2.52 bits per heavy atom. The third-order valence-electron chi connectivity index (χ3n) is 2.97. The molecule has 0 radical (unpaired) electrons. The molecule has 4 nitrogen and oxygen atoms in total. The van der Waals surface area contributed by atoms with E-state index in [4.69, 9.17) is 27.9 Å². The van der Waals surface area contributed by atoms with Crippen molar-refractivity contribution >= 4 is 52.2 Å². The third-order valence-corrected chi connectivity index (χ3v) is 4.52. The van der Waals surface area contributed by atoms with Gasteiger partial charge in [-0.05, 0) is 36.0 Å². The van der Waals surface area contributed by atoms with Crippen molar-refractivity contribution in [2.24, 2.45) is 0 Å². The maximum absolute atomic E-state index is 11.6. The van der Waals surface area contributed by atoms with Crippen LogP contribution in [-0.2, 0) is 4.79 Å².